The molecule has 3 aliphatic rings. The van der Waals surface area contributed by atoms with Crippen molar-refractivity contribution in [3.05, 3.63) is 23.5 Å². The highest BCUT2D eigenvalue weighted by atomic mass is 35.5. The fourth-order valence-electron chi connectivity index (χ4n) is 3.32. The summed E-state index contributed by atoms with van der Waals surface area (Å²) in [5.41, 5.74) is 1.76. The molecule has 3 rings (SSSR count). The molecule has 0 spiro atoms. The highest BCUT2D eigenvalue weighted by molar-refractivity contribution is 6.64. The van der Waals surface area contributed by atoms with Gasteiger partial charge in [0.25, 0.3) is 5.91 Å². The van der Waals surface area contributed by atoms with Crippen molar-refractivity contribution in [2.75, 3.05) is 14.1 Å². The molecule has 5 nitrogen and oxygen atoms in total. The summed E-state index contributed by atoms with van der Waals surface area (Å²) in [5.74, 6) is -0.0447. The van der Waals surface area contributed by atoms with E-state index in [1.165, 1.54) is 12.8 Å². The molecule has 1 amide bonds. The van der Waals surface area contributed by atoms with Crippen LogP contribution in [0.4, 0.5) is 0 Å². The first-order valence-corrected chi connectivity index (χ1v) is 7.39. The Morgan fingerprint density at radius 2 is 2.15 bits per heavy atom. The van der Waals surface area contributed by atoms with Crippen LogP contribution in [0.25, 0.3) is 0 Å². The maximum absolute atomic E-state index is 12.2. The average Bonchev–Trinajstić information content (AvgIpc) is 3.08. The first kappa shape index (κ1) is 13.5. The van der Waals surface area contributed by atoms with Gasteiger partial charge in [0.15, 0.2) is 5.29 Å². The number of carbonyl (C=O) groups excluding carboxylic acids is 1. The number of amidine groups is 1. The molecular formula is C14H19ClN4O. The van der Waals surface area contributed by atoms with Gasteiger partial charge in [-0.1, -0.05) is 12.8 Å². The minimum Gasteiger partial charge on any atom is -0.354 e. The largest absolute Gasteiger partial charge is 0.354 e. The molecule has 0 radical (unpaired) electrons. The van der Waals surface area contributed by atoms with Crippen LogP contribution in [-0.2, 0) is 4.79 Å². The summed E-state index contributed by atoms with van der Waals surface area (Å²) < 4.78 is 0. The van der Waals surface area contributed by atoms with Crippen LogP contribution in [0.1, 0.15) is 25.7 Å². The summed E-state index contributed by atoms with van der Waals surface area (Å²) >= 11 is 6.15. The van der Waals surface area contributed by atoms with Gasteiger partial charge in [0.2, 0.25) is 0 Å². The van der Waals surface area contributed by atoms with Crippen molar-refractivity contribution in [3.63, 3.8) is 0 Å². The maximum atomic E-state index is 12.2. The molecule has 2 heterocycles. The second-order valence-electron chi connectivity index (χ2n) is 5.47. The van der Waals surface area contributed by atoms with Crippen LogP contribution in [0.3, 0.4) is 0 Å². The van der Waals surface area contributed by atoms with E-state index < -0.39 is 0 Å². The molecule has 1 fully saturated rings. The van der Waals surface area contributed by atoms with Crippen molar-refractivity contribution >= 4 is 22.8 Å². The van der Waals surface area contributed by atoms with Gasteiger partial charge >= 0.3 is 0 Å². The van der Waals surface area contributed by atoms with Crippen molar-refractivity contribution in [3.8, 4) is 0 Å². The summed E-state index contributed by atoms with van der Waals surface area (Å²) in [6, 6.07) is 0.402. The van der Waals surface area contributed by atoms with Crippen LogP contribution in [0.15, 0.2) is 28.5 Å². The molecule has 0 bridgehead atoms. The van der Waals surface area contributed by atoms with E-state index in [-0.39, 0.29) is 12.1 Å². The van der Waals surface area contributed by atoms with E-state index in [1.807, 2.05) is 18.0 Å². The summed E-state index contributed by atoms with van der Waals surface area (Å²) in [7, 11) is 3.59. The third-order valence-corrected chi connectivity index (χ3v) is 4.66. The second-order valence-corrected chi connectivity index (χ2v) is 5.80. The Kier molecular flexibility index (Phi) is 3.46. The Balaban J connectivity index is 1.99. The SMILES string of the molecule is CNC(=O)C1=CC2=CN=C(Cl)N(C)C2N1C1CCCC1. The fourth-order valence-corrected chi connectivity index (χ4v) is 3.46. The Morgan fingerprint density at radius 1 is 1.45 bits per heavy atom. The van der Waals surface area contributed by atoms with Gasteiger partial charge in [0.05, 0.1) is 0 Å². The molecule has 1 saturated carbocycles. The van der Waals surface area contributed by atoms with E-state index in [1.54, 1.807) is 13.2 Å². The highest BCUT2D eigenvalue weighted by Gasteiger charge is 2.42. The number of amides is 1. The van der Waals surface area contributed by atoms with Gasteiger partial charge < -0.3 is 15.1 Å². The number of aliphatic imine (C=N–C) groups is 1. The summed E-state index contributed by atoms with van der Waals surface area (Å²) in [4.78, 5) is 20.5. The van der Waals surface area contributed by atoms with E-state index >= 15 is 0 Å². The quantitative estimate of drug-likeness (QED) is 0.788. The molecule has 1 atom stereocenters. The van der Waals surface area contributed by atoms with Crippen LogP contribution in [-0.4, -0.2) is 47.3 Å². The number of fused-ring (bicyclic) bond motifs is 1. The number of carbonyl (C=O) groups is 1. The monoisotopic (exact) mass is 294 g/mol. The zero-order valence-corrected chi connectivity index (χ0v) is 12.5. The minimum absolute atomic E-state index is 0.00426. The Labute approximate surface area is 124 Å². The Hall–Kier alpha value is -1.49. The van der Waals surface area contributed by atoms with Crippen LogP contribution in [0.2, 0.25) is 0 Å². The van der Waals surface area contributed by atoms with E-state index in [9.17, 15) is 4.79 Å². The van der Waals surface area contributed by atoms with Gasteiger partial charge in [-0.2, -0.15) is 0 Å². The highest BCUT2D eigenvalue weighted by Crippen LogP contribution is 2.38. The predicted molar refractivity (Wildman–Crippen MR) is 79.2 cm³/mol. The van der Waals surface area contributed by atoms with Crippen molar-refractivity contribution in [2.24, 2.45) is 4.99 Å². The van der Waals surface area contributed by atoms with Gasteiger partial charge in [-0.3, -0.25) is 4.79 Å². The zero-order chi connectivity index (χ0) is 14.3. The topological polar surface area (TPSA) is 47.9 Å². The van der Waals surface area contributed by atoms with Gasteiger partial charge in [0.1, 0.15) is 11.9 Å². The Morgan fingerprint density at radius 3 is 2.80 bits per heavy atom. The molecule has 108 valence electrons. The van der Waals surface area contributed by atoms with E-state index in [0.29, 0.717) is 11.3 Å². The van der Waals surface area contributed by atoms with E-state index in [2.05, 4.69) is 15.2 Å². The molecule has 0 aromatic carbocycles. The molecule has 0 aromatic heterocycles. The van der Waals surface area contributed by atoms with Crippen LogP contribution in [0.5, 0.6) is 0 Å². The number of likely N-dealkylation sites (N-methyl/N-ethyl adjacent to an activating group) is 2. The lowest BCUT2D eigenvalue weighted by molar-refractivity contribution is -0.119. The predicted octanol–water partition coefficient (Wildman–Crippen LogP) is 1.62. The van der Waals surface area contributed by atoms with Gasteiger partial charge in [-0.05, 0) is 30.5 Å². The summed E-state index contributed by atoms with van der Waals surface area (Å²) in [5, 5.41) is 3.20. The van der Waals surface area contributed by atoms with Gasteiger partial charge in [-0.25, -0.2) is 4.99 Å². The number of nitrogens with one attached hydrogen (secondary N) is 1. The van der Waals surface area contributed by atoms with Crippen LogP contribution in [0, 0.1) is 0 Å². The molecular weight excluding hydrogens is 276 g/mol. The number of rotatable bonds is 2. The van der Waals surface area contributed by atoms with Crippen molar-refractivity contribution in [1.82, 2.24) is 15.1 Å². The number of hydrogen-bond acceptors (Lipinski definition) is 4. The second kappa shape index (κ2) is 5.13. The fraction of sp³-hybridized carbons (Fsp3) is 0.571. The first-order valence-electron chi connectivity index (χ1n) is 7.02. The lowest BCUT2D eigenvalue weighted by Gasteiger charge is -2.40. The first-order chi connectivity index (χ1) is 9.63. The summed E-state index contributed by atoms with van der Waals surface area (Å²) in [6.07, 6.45) is 8.40. The molecule has 2 aliphatic heterocycles. The number of halogens is 1. The van der Waals surface area contributed by atoms with Gasteiger partial charge in [-0.15, -0.1) is 0 Å². The maximum Gasteiger partial charge on any atom is 0.267 e. The number of hydrogen-bond donors (Lipinski definition) is 1. The molecule has 20 heavy (non-hydrogen) atoms. The van der Waals surface area contributed by atoms with Gasteiger partial charge in [0, 0.05) is 31.9 Å². The average molecular weight is 295 g/mol. The summed E-state index contributed by atoms with van der Waals surface area (Å²) in [6.45, 7) is 0. The molecule has 0 aromatic rings. The third kappa shape index (κ3) is 2.00. The van der Waals surface area contributed by atoms with Crippen molar-refractivity contribution in [2.45, 2.75) is 37.9 Å². The van der Waals surface area contributed by atoms with E-state index in [0.717, 1.165) is 24.1 Å². The molecule has 1 unspecified atom stereocenters. The minimum atomic E-state index is -0.0447. The van der Waals surface area contributed by atoms with Crippen LogP contribution >= 0.6 is 11.6 Å². The normalized spacial score (nSPS) is 26.1. The third-order valence-electron chi connectivity index (χ3n) is 4.30. The smallest absolute Gasteiger partial charge is 0.267 e. The zero-order valence-electron chi connectivity index (χ0n) is 11.8. The van der Waals surface area contributed by atoms with E-state index in [4.69, 9.17) is 11.6 Å². The molecule has 1 N–H and O–H groups in total. The molecule has 6 heteroatoms. The van der Waals surface area contributed by atoms with Crippen LogP contribution < -0.4 is 5.32 Å². The lowest BCUT2D eigenvalue weighted by atomic mass is 10.1. The van der Waals surface area contributed by atoms with Crippen molar-refractivity contribution < 1.29 is 4.79 Å². The number of nitrogens with zero attached hydrogens (tertiary/aromatic N) is 3. The lowest BCUT2D eigenvalue weighted by Crippen LogP contribution is -2.51. The standard InChI is InChI=1S/C14H19ClN4O/c1-16-12(20)11-7-9-8-17-14(15)18(2)13(9)19(11)10-5-3-4-6-10/h7-8,10,13H,3-6H2,1-2H3,(H,16,20). The Bertz CT molecular complexity index is 519. The van der Waals surface area contributed by atoms with Crippen molar-refractivity contribution in [1.29, 1.82) is 0 Å². The molecule has 1 aliphatic carbocycles. The molecule has 0 saturated heterocycles.